The Morgan fingerprint density at radius 3 is 2.67 bits per heavy atom. The summed E-state index contributed by atoms with van der Waals surface area (Å²) in [5.41, 5.74) is 8.13. The van der Waals surface area contributed by atoms with E-state index in [1.165, 1.54) is 0 Å². The number of aromatic nitrogens is 2. The van der Waals surface area contributed by atoms with Crippen LogP contribution in [0.2, 0.25) is 0 Å². The van der Waals surface area contributed by atoms with E-state index in [1.54, 1.807) is 4.68 Å². The van der Waals surface area contributed by atoms with Crippen LogP contribution in [-0.2, 0) is 11.3 Å². The van der Waals surface area contributed by atoms with E-state index < -0.39 is 0 Å². The third-order valence-corrected chi connectivity index (χ3v) is 3.13. The molecular weight excluding hydrogens is 228 g/mol. The lowest BCUT2D eigenvalue weighted by Gasteiger charge is -2.13. The van der Waals surface area contributed by atoms with E-state index in [0.717, 1.165) is 30.7 Å². The standard InChI is InChI=1S/C13H24N4O/c1-5-6-7-9(2)15-12(18)8-17-11(4)13(14)10(3)16-17/h9H,5-8,14H2,1-4H3,(H,15,18). The Kier molecular flexibility index (Phi) is 5.19. The molecule has 0 radical (unpaired) electrons. The monoisotopic (exact) mass is 252 g/mol. The van der Waals surface area contributed by atoms with Crippen molar-refractivity contribution in [2.45, 2.75) is 59.5 Å². The third kappa shape index (κ3) is 3.75. The fraction of sp³-hybridized carbons (Fsp3) is 0.692. The predicted molar refractivity (Wildman–Crippen MR) is 73.2 cm³/mol. The van der Waals surface area contributed by atoms with Gasteiger partial charge in [0.2, 0.25) is 5.91 Å². The predicted octanol–water partition coefficient (Wildman–Crippen LogP) is 1.78. The third-order valence-electron chi connectivity index (χ3n) is 3.13. The average Bonchev–Trinajstić information content (AvgIpc) is 2.54. The van der Waals surface area contributed by atoms with E-state index in [0.29, 0.717) is 5.69 Å². The topological polar surface area (TPSA) is 72.9 Å². The van der Waals surface area contributed by atoms with Crippen molar-refractivity contribution >= 4 is 11.6 Å². The zero-order chi connectivity index (χ0) is 13.7. The van der Waals surface area contributed by atoms with Gasteiger partial charge in [-0.15, -0.1) is 0 Å². The van der Waals surface area contributed by atoms with Gasteiger partial charge in [-0.1, -0.05) is 19.8 Å². The Labute approximate surface area is 109 Å². The molecule has 0 aliphatic carbocycles. The summed E-state index contributed by atoms with van der Waals surface area (Å²) in [6, 6.07) is 0.215. The first-order valence-electron chi connectivity index (χ1n) is 6.54. The molecule has 3 N–H and O–H groups in total. The molecule has 102 valence electrons. The van der Waals surface area contributed by atoms with Gasteiger partial charge in [0.25, 0.3) is 0 Å². The van der Waals surface area contributed by atoms with Crippen LogP contribution in [0.25, 0.3) is 0 Å². The molecule has 0 fully saturated rings. The van der Waals surface area contributed by atoms with Gasteiger partial charge >= 0.3 is 0 Å². The van der Waals surface area contributed by atoms with Crippen LogP contribution < -0.4 is 11.1 Å². The van der Waals surface area contributed by atoms with E-state index in [2.05, 4.69) is 17.3 Å². The van der Waals surface area contributed by atoms with Crippen LogP contribution in [0.4, 0.5) is 5.69 Å². The molecule has 18 heavy (non-hydrogen) atoms. The Hall–Kier alpha value is -1.52. The molecule has 0 spiro atoms. The lowest BCUT2D eigenvalue weighted by molar-refractivity contribution is -0.122. The first-order chi connectivity index (χ1) is 8.45. The van der Waals surface area contributed by atoms with Crippen molar-refractivity contribution < 1.29 is 4.79 Å². The van der Waals surface area contributed by atoms with Gasteiger partial charge in [0.1, 0.15) is 6.54 Å². The van der Waals surface area contributed by atoms with Gasteiger partial charge in [0.05, 0.1) is 17.1 Å². The lowest BCUT2D eigenvalue weighted by Crippen LogP contribution is -2.35. The van der Waals surface area contributed by atoms with E-state index in [9.17, 15) is 4.79 Å². The lowest BCUT2D eigenvalue weighted by atomic mass is 10.1. The number of nitrogen functional groups attached to an aromatic ring is 1. The summed E-state index contributed by atoms with van der Waals surface area (Å²) in [4.78, 5) is 11.8. The largest absolute Gasteiger partial charge is 0.396 e. The number of unbranched alkanes of at least 4 members (excludes halogenated alkanes) is 1. The number of aryl methyl sites for hydroxylation is 1. The highest BCUT2D eigenvalue weighted by Crippen LogP contribution is 2.14. The highest BCUT2D eigenvalue weighted by atomic mass is 16.2. The van der Waals surface area contributed by atoms with E-state index >= 15 is 0 Å². The molecule has 5 nitrogen and oxygen atoms in total. The highest BCUT2D eigenvalue weighted by molar-refractivity contribution is 5.76. The number of hydrogen-bond donors (Lipinski definition) is 2. The van der Waals surface area contributed by atoms with Crippen LogP contribution in [0.3, 0.4) is 0 Å². The molecule has 1 aromatic heterocycles. The average molecular weight is 252 g/mol. The van der Waals surface area contributed by atoms with Crippen LogP contribution in [0.1, 0.15) is 44.5 Å². The van der Waals surface area contributed by atoms with E-state index in [-0.39, 0.29) is 18.5 Å². The van der Waals surface area contributed by atoms with Crippen molar-refractivity contribution in [2.75, 3.05) is 5.73 Å². The minimum absolute atomic E-state index is 0.01000. The molecular formula is C13H24N4O. The molecule has 0 aliphatic rings. The molecule has 0 aromatic carbocycles. The molecule has 0 bridgehead atoms. The molecule has 1 atom stereocenters. The van der Waals surface area contributed by atoms with Crippen LogP contribution in [0.15, 0.2) is 0 Å². The molecule has 0 saturated heterocycles. The van der Waals surface area contributed by atoms with E-state index in [1.807, 2.05) is 20.8 Å². The molecule has 0 saturated carbocycles. The van der Waals surface area contributed by atoms with Crippen molar-refractivity contribution in [2.24, 2.45) is 0 Å². The fourth-order valence-electron chi connectivity index (χ4n) is 1.90. The van der Waals surface area contributed by atoms with Crippen LogP contribution in [0.5, 0.6) is 0 Å². The zero-order valence-electron chi connectivity index (χ0n) is 11.8. The molecule has 1 amide bonds. The van der Waals surface area contributed by atoms with Crippen LogP contribution in [-0.4, -0.2) is 21.7 Å². The Bertz CT molecular complexity index is 411. The minimum Gasteiger partial charge on any atom is -0.396 e. The van der Waals surface area contributed by atoms with Crippen LogP contribution in [0, 0.1) is 13.8 Å². The molecule has 1 rings (SSSR count). The number of nitrogens with one attached hydrogen (secondary N) is 1. The number of rotatable bonds is 6. The number of carbonyl (C=O) groups is 1. The Morgan fingerprint density at radius 2 is 2.17 bits per heavy atom. The normalized spacial score (nSPS) is 12.4. The van der Waals surface area contributed by atoms with Gasteiger partial charge in [-0.2, -0.15) is 5.10 Å². The SMILES string of the molecule is CCCCC(C)NC(=O)Cn1nc(C)c(N)c1C. The summed E-state index contributed by atoms with van der Waals surface area (Å²) in [6.07, 6.45) is 3.30. The van der Waals surface area contributed by atoms with Gasteiger partial charge in [0, 0.05) is 6.04 Å². The summed E-state index contributed by atoms with van der Waals surface area (Å²) in [7, 11) is 0. The smallest absolute Gasteiger partial charge is 0.241 e. The second kappa shape index (κ2) is 6.42. The molecule has 1 unspecified atom stereocenters. The molecule has 1 aromatic rings. The maximum absolute atomic E-state index is 11.8. The summed E-state index contributed by atoms with van der Waals surface area (Å²) in [5, 5.41) is 7.23. The Morgan fingerprint density at radius 1 is 1.50 bits per heavy atom. The minimum atomic E-state index is -0.01000. The van der Waals surface area contributed by atoms with Gasteiger partial charge in [0.15, 0.2) is 0 Å². The quantitative estimate of drug-likeness (QED) is 0.810. The van der Waals surface area contributed by atoms with E-state index in [4.69, 9.17) is 5.73 Å². The number of carbonyl (C=O) groups excluding carboxylic acids is 1. The van der Waals surface area contributed by atoms with Crippen molar-refractivity contribution in [3.63, 3.8) is 0 Å². The summed E-state index contributed by atoms with van der Waals surface area (Å²) in [6.45, 7) is 8.14. The van der Waals surface area contributed by atoms with Gasteiger partial charge < -0.3 is 11.1 Å². The fourth-order valence-corrected chi connectivity index (χ4v) is 1.90. The molecule has 0 aliphatic heterocycles. The summed E-state index contributed by atoms with van der Waals surface area (Å²) < 4.78 is 1.66. The number of anilines is 1. The maximum Gasteiger partial charge on any atom is 0.241 e. The van der Waals surface area contributed by atoms with Gasteiger partial charge in [-0.25, -0.2) is 0 Å². The van der Waals surface area contributed by atoms with Crippen molar-refractivity contribution in [1.29, 1.82) is 0 Å². The summed E-state index contributed by atoms with van der Waals surface area (Å²) >= 11 is 0. The summed E-state index contributed by atoms with van der Waals surface area (Å²) in [5.74, 6) is -0.01000. The van der Waals surface area contributed by atoms with Crippen molar-refractivity contribution in [1.82, 2.24) is 15.1 Å². The van der Waals surface area contributed by atoms with Crippen molar-refractivity contribution in [3.05, 3.63) is 11.4 Å². The second-order valence-corrected chi connectivity index (χ2v) is 4.85. The number of amides is 1. The first-order valence-corrected chi connectivity index (χ1v) is 6.54. The van der Waals surface area contributed by atoms with Crippen LogP contribution >= 0.6 is 0 Å². The number of hydrogen-bond acceptors (Lipinski definition) is 3. The second-order valence-electron chi connectivity index (χ2n) is 4.85. The molecule has 5 heteroatoms. The Balaban J connectivity index is 2.51. The maximum atomic E-state index is 11.8. The van der Waals surface area contributed by atoms with Gasteiger partial charge in [-0.3, -0.25) is 9.48 Å². The number of nitrogens with two attached hydrogens (primary N) is 1. The zero-order valence-corrected chi connectivity index (χ0v) is 11.8. The van der Waals surface area contributed by atoms with Crippen molar-refractivity contribution in [3.8, 4) is 0 Å². The first kappa shape index (κ1) is 14.5. The highest BCUT2D eigenvalue weighted by Gasteiger charge is 2.12. The molecule has 1 heterocycles. The number of nitrogens with zero attached hydrogens (tertiary/aromatic N) is 2. The van der Waals surface area contributed by atoms with Gasteiger partial charge in [-0.05, 0) is 27.2 Å².